The Balaban J connectivity index is 1.41. The fourth-order valence-corrected chi connectivity index (χ4v) is 5.70. The SMILES string of the molecule is COC(=O)[C@H](CNC(=O)N1CCC2(CC1)C(=O)N(CC(C)C)CN2c1ccccc1)NC(=O)c1cc([N+](=O)[O-])ccc1C. The first-order valence-electron chi connectivity index (χ1n) is 14.3. The van der Waals surface area contributed by atoms with Crippen LogP contribution in [0.3, 0.4) is 0 Å². The Bertz CT molecular complexity index is 1370. The molecule has 2 aromatic rings. The van der Waals surface area contributed by atoms with Crippen molar-refractivity contribution in [3.05, 3.63) is 69.8 Å². The topological polar surface area (TPSA) is 154 Å². The minimum absolute atomic E-state index is 0.0338. The molecule has 4 amide bonds. The van der Waals surface area contributed by atoms with Crippen LogP contribution in [0.25, 0.3) is 0 Å². The van der Waals surface area contributed by atoms with Crippen molar-refractivity contribution in [2.45, 2.75) is 45.2 Å². The molecule has 0 bridgehead atoms. The fourth-order valence-electron chi connectivity index (χ4n) is 5.70. The number of rotatable bonds is 9. The number of para-hydroxylation sites is 1. The Hall–Kier alpha value is -4.68. The van der Waals surface area contributed by atoms with E-state index in [0.717, 1.165) is 18.9 Å². The van der Waals surface area contributed by atoms with Crippen molar-refractivity contribution in [1.29, 1.82) is 0 Å². The summed E-state index contributed by atoms with van der Waals surface area (Å²) in [6.07, 6.45) is 0.873. The van der Waals surface area contributed by atoms with Gasteiger partial charge in [-0.2, -0.15) is 0 Å². The molecule has 2 heterocycles. The number of nitro benzene ring substituents is 1. The maximum absolute atomic E-state index is 13.7. The molecule has 2 aliphatic heterocycles. The molecule has 2 saturated heterocycles. The number of aryl methyl sites for hydroxylation is 1. The largest absolute Gasteiger partial charge is 0.467 e. The Morgan fingerprint density at radius 3 is 2.37 bits per heavy atom. The van der Waals surface area contributed by atoms with Gasteiger partial charge in [0, 0.05) is 43.0 Å². The number of nitro groups is 1. The molecule has 0 aromatic heterocycles. The van der Waals surface area contributed by atoms with Crippen molar-refractivity contribution in [3.8, 4) is 0 Å². The van der Waals surface area contributed by atoms with Gasteiger partial charge in [-0.3, -0.25) is 19.7 Å². The summed E-state index contributed by atoms with van der Waals surface area (Å²) in [7, 11) is 1.16. The molecule has 1 atom stereocenters. The van der Waals surface area contributed by atoms with Crippen LogP contribution in [0.5, 0.6) is 0 Å². The van der Waals surface area contributed by atoms with Crippen LogP contribution >= 0.6 is 0 Å². The molecule has 2 fully saturated rings. The molecule has 0 radical (unpaired) electrons. The number of urea groups is 1. The standard InChI is InChI=1S/C30H38N6O7/c1-20(2)18-34-19-35(22-8-6-5-7-9-22)30(28(34)39)12-14-33(15-13-30)29(40)31-17-25(27(38)43-4)32-26(37)24-16-23(36(41)42)11-10-21(24)3/h5-11,16,20,25H,12-15,17-19H2,1-4H3,(H,31,40)(H,32,37)/t25-/m0/s1. The molecule has 2 N–H and O–H groups in total. The van der Waals surface area contributed by atoms with Gasteiger partial charge in [-0.15, -0.1) is 0 Å². The van der Waals surface area contributed by atoms with E-state index >= 15 is 0 Å². The van der Waals surface area contributed by atoms with Gasteiger partial charge in [-0.1, -0.05) is 38.1 Å². The number of likely N-dealkylation sites (tertiary alicyclic amines) is 1. The van der Waals surface area contributed by atoms with E-state index in [0.29, 0.717) is 50.6 Å². The molecule has 0 saturated carbocycles. The van der Waals surface area contributed by atoms with Gasteiger partial charge in [0.25, 0.3) is 11.6 Å². The third kappa shape index (κ3) is 6.71. The Labute approximate surface area is 250 Å². The first kappa shape index (κ1) is 31.3. The molecule has 1 spiro atoms. The van der Waals surface area contributed by atoms with Crippen LogP contribution in [0.2, 0.25) is 0 Å². The number of piperidine rings is 1. The van der Waals surface area contributed by atoms with Gasteiger partial charge in [0.15, 0.2) is 0 Å². The van der Waals surface area contributed by atoms with E-state index in [2.05, 4.69) is 29.4 Å². The molecule has 4 rings (SSSR count). The van der Waals surface area contributed by atoms with E-state index in [1.807, 2.05) is 35.2 Å². The Morgan fingerprint density at radius 2 is 1.77 bits per heavy atom. The number of ether oxygens (including phenoxy) is 1. The van der Waals surface area contributed by atoms with E-state index in [4.69, 9.17) is 4.74 Å². The number of anilines is 1. The molecule has 2 aromatic carbocycles. The van der Waals surface area contributed by atoms with E-state index in [9.17, 15) is 29.3 Å². The highest BCUT2D eigenvalue weighted by atomic mass is 16.6. The number of methoxy groups -OCH3 is 1. The van der Waals surface area contributed by atoms with Gasteiger partial charge >= 0.3 is 12.0 Å². The van der Waals surface area contributed by atoms with E-state index < -0.39 is 34.4 Å². The first-order chi connectivity index (χ1) is 20.5. The number of carbonyl (C=O) groups excluding carboxylic acids is 4. The second kappa shape index (κ2) is 13.1. The van der Waals surface area contributed by atoms with Gasteiger partial charge in [-0.25, -0.2) is 9.59 Å². The van der Waals surface area contributed by atoms with Gasteiger partial charge in [-0.05, 0) is 43.4 Å². The van der Waals surface area contributed by atoms with Crippen LogP contribution in [-0.4, -0.2) is 90.1 Å². The molecule has 230 valence electrons. The van der Waals surface area contributed by atoms with E-state index in [1.165, 1.54) is 12.1 Å². The lowest BCUT2D eigenvalue weighted by molar-refractivity contribution is -0.384. The zero-order valence-corrected chi connectivity index (χ0v) is 24.9. The number of hydrogen-bond donors (Lipinski definition) is 2. The van der Waals surface area contributed by atoms with Crippen molar-refractivity contribution >= 4 is 35.2 Å². The van der Waals surface area contributed by atoms with Crippen molar-refractivity contribution < 1.29 is 28.8 Å². The summed E-state index contributed by atoms with van der Waals surface area (Å²) in [4.78, 5) is 68.5. The van der Waals surface area contributed by atoms with E-state index in [1.54, 1.807) is 11.8 Å². The molecular formula is C30H38N6O7. The summed E-state index contributed by atoms with van der Waals surface area (Å²) in [5, 5.41) is 16.4. The average Bonchev–Trinajstić information content (AvgIpc) is 3.25. The molecular weight excluding hydrogens is 556 g/mol. The fraction of sp³-hybridized carbons (Fsp3) is 0.467. The normalized spacial score (nSPS) is 16.8. The molecule has 2 aliphatic rings. The minimum Gasteiger partial charge on any atom is -0.467 e. The zero-order valence-electron chi connectivity index (χ0n) is 24.9. The highest BCUT2D eigenvalue weighted by Gasteiger charge is 2.54. The number of nitrogens with one attached hydrogen (secondary N) is 2. The van der Waals surface area contributed by atoms with E-state index in [-0.39, 0.29) is 23.7 Å². The quantitative estimate of drug-likeness (QED) is 0.255. The predicted octanol–water partition coefficient (Wildman–Crippen LogP) is 2.68. The van der Waals surface area contributed by atoms with Crippen LogP contribution in [-0.2, 0) is 14.3 Å². The third-order valence-electron chi connectivity index (χ3n) is 7.97. The number of non-ortho nitro benzene ring substituents is 1. The Morgan fingerprint density at radius 1 is 1.09 bits per heavy atom. The van der Waals surface area contributed by atoms with Gasteiger partial charge in [0.2, 0.25) is 5.91 Å². The maximum Gasteiger partial charge on any atom is 0.330 e. The molecule has 13 heteroatoms. The van der Waals surface area contributed by atoms with Crippen LogP contribution < -0.4 is 15.5 Å². The molecule has 43 heavy (non-hydrogen) atoms. The van der Waals surface area contributed by atoms with Gasteiger partial charge in [0.05, 0.1) is 25.2 Å². The third-order valence-corrected chi connectivity index (χ3v) is 7.97. The first-order valence-corrected chi connectivity index (χ1v) is 14.3. The summed E-state index contributed by atoms with van der Waals surface area (Å²) in [6, 6.07) is 12.0. The minimum atomic E-state index is -1.23. The smallest absolute Gasteiger partial charge is 0.330 e. The van der Waals surface area contributed by atoms with Gasteiger partial charge < -0.3 is 30.1 Å². The number of amides is 4. The zero-order chi connectivity index (χ0) is 31.3. The Kier molecular flexibility index (Phi) is 9.52. The van der Waals surface area contributed by atoms with Crippen LogP contribution in [0.4, 0.5) is 16.2 Å². The van der Waals surface area contributed by atoms with Crippen molar-refractivity contribution in [2.24, 2.45) is 5.92 Å². The number of hydrogen-bond acceptors (Lipinski definition) is 8. The average molecular weight is 595 g/mol. The molecule has 13 nitrogen and oxygen atoms in total. The predicted molar refractivity (Wildman–Crippen MR) is 158 cm³/mol. The van der Waals surface area contributed by atoms with Crippen molar-refractivity contribution in [2.75, 3.05) is 44.9 Å². The van der Waals surface area contributed by atoms with Crippen LogP contribution in [0, 0.1) is 23.0 Å². The number of benzene rings is 2. The monoisotopic (exact) mass is 594 g/mol. The second-order valence-electron chi connectivity index (χ2n) is 11.3. The lowest BCUT2D eigenvalue weighted by Gasteiger charge is -2.43. The lowest BCUT2D eigenvalue weighted by atomic mass is 9.85. The van der Waals surface area contributed by atoms with Crippen molar-refractivity contribution in [1.82, 2.24) is 20.4 Å². The number of carbonyl (C=O) groups is 4. The number of esters is 1. The second-order valence-corrected chi connectivity index (χ2v) is 11.3. The van der Waals surface area contributed by atoms with Crippen LogP contribution in [0.15, 0.2) is 48.5 Å². The maximum atomic E-state index is 13.7. The summed E-state index contributed by atoms with van der Waals surface area (Å²) >= 11 is 0. The summed E-state index contributed by atoms with van der Waals surface area (Å²) in [5.41, 5.74) is 0.449. The van der Waals surface area contributed by atoms with Crippen molar-refractivity contribution in [3.63, 3.8) is 0 Å². The summed E-state index contributed by atoms with van der Waals surface area (Å²) < 4.78 is 4.81. The summed E-state index contributed by atoms with van der Waals surface area (Å²) in [5.74, 6) is -1.12. The van der Waals surface area contributed by atoms with Crippen LogP contribution in [0.1, 0.15) is 42.6 Å². The number of nitrogens with zero attached hydrogens (tertiary/aromatic N) is 4. The lowest BCUT2D eigenvalue weighted by Crippen LogP contribution is -2.59. The molecule has 0 unspecified atom stereocenters. The van der Waals surface area contributed by atoms with Gasteiger partial charge in [0.1, 0.15) is 11.6 Å². The highest BCUT2D eigenvalue weighted by Crippen LogP contribution is 2.39. The summed E-state index contributed by atoms with van der Waals surface area (Å²) in [6.45, 7) is 7.27. The highest BCUT2D eigenvalue weighted by molar-refractivity contribution is 5.98. The molecule has 0 aliphatic carbocycles.